The van der Waals surface area contributed by atoms with E-state index in [-0.39, 0.29) is 17.7 Å². The van der Waals surface area contributed by atoms with Crippen LogP contribution >= 0.6 is 0 Å². The van der Waals surface area contributed by atoms with E-state index in [1.807, 2.05) is 6.92 Å². The van der Waals surface area contributed by atoms with Gasteiger partial charge in [-0.3, -0.25) is 9.59 Å². The molecule has 0 aromatic heterocycles. The predicted molar refractivity (Wildman–Crippen MR) is 50.2 cm³/mol. The first kappa shape index (κ1) is 11.9. The van der Waals surface area contributed by atoms with Gasteiger partial charge >= 0.3 is 5.97 Å². The van der Waals surface area contributed by atoms with Gasteiger partial charge in [0.05, 0.1) is 12.5 Å². The van der Waals surface area contributed by atoms with E-state index in [0.717, 1.165) is 0 Å². The molecule has 1 unspecified atom stereocenters. The fourth-order valence-corrected chi connectivity index (χ4v) is 0.882. The molecule has 0 rings (SSSR count). The van der Waals surface area contributed by atoms with Gasteiger partial charge in [0, 0.05) is 0 Å². The molecule has 0 aliphatic carbocycles. The molecule has 0 heterocycles. The highest BCUT2D eigenvalue weighted by molar-refractivity contribution is 5.88. The summed E-state index contributed by atoms with van der Waals surface area (Å²) in [4.78, 5) is 21.8. The van der Waals surface area contributed by atoms with Crippen molar-refractivity contribution in [1.29, 1.82) is 0 Å². The van der Waals surface area contributed by atoms with Crippen LogP contribution in [-0.4, -0.2) is 18.4 Å². The van der Waals surface area contributed by atoms with Crippen LogP contribution in [0.2, 0.25) is 0 Å². The molecule has 0 bridgehead atoms. The van der Waals surface area contributed by atoms with Crippen LogP contribution in [0.3, 0.4) is 0 Å². The first-order chi connectivity index (χ1) is 6.11. The first-order valence-electron chi connectivity index (χ1n) is 4.47. The smallest absolute Gasteiger partial charge is 0.312 e. The molecule has 0 saturated carbocycles. The first-order valence-corrected chi connectivity index (χ1v) is 4.47. The maximum absolute atomic E-state index is 11.2. The number of hydrogen-bond donors (Lipinski definition) is 0. The third kappa shape index (κ3) is 5.17. The van der Waals surface area contributed by atoms with Gasteiger partial charge in [-0.2, -0.15) is 0 Å². The number of carbonyl (C=O) groups excluding carboxylic acids is 2. The molecule has 0 aliphatic rings. The van der Waals surface area contributed by atoms with Gasteiger partial charge in [-0.1, -0.05) is 13.0 Å². The Morgan fingerprint density at radius 3 is 2.38 bits per heavy atom. The minimum Gasteiger partial charge on any atom is -0.466 e. The molecule has 0 N–H and O–H groups in total. The highest BCUT2D eigenvalue weighted by Crippen LogP contribution is 2.07. The zero-order valence-electron chi connectivity index (χ0n) is 8.37. The Bertz CT molecular complexity index is 206. The van der Waals surface area contributed by atoms with Crippen molar-refractivity contribution >= 4 is 11.8 Å². The van der Waals surface area contributed by atoms with E-state index in [4.69, 9.17) is 4.74 Å². The molecule has 13 heavy (non-hydrogen) atoms. The molecule has 0 fully saturated rings. The summed E-state index contributed by atoms with van der Waals surface area (Å²) in [5, 5.41) is 0. The standard InChI is InChI=1S/C10H16O3/c1-4-9(7-6-8(3)11)10(12)13-5-2/h6-7,9H,4-5H2,1-3H3. The van der Waals surface area contributed by atoms with Crippen molar-refractivity contribution in [3.05, 3.63) is 12.2 Å². The highest BCUT2D eigenvalue weighted by Gasteiger charge is 2.13. The minimum atomic E-state index is -0.288. The third-order valence-corrected chi connectivity index (χ3v) is 1.59. The second-order valence-corrected chi connectivity index (χ2v) is 2.74. The number of hydrogen-bond acceptors (Lipinski definition) is 3. The molecule has 0 aromatic carbocycles. The maximum atomic E-state index is 11.2. The van der Waals surface area contributed by atoms with E-state index in [2.05, 4.69) is 0 Å². The lowest BCUT2D eigenvalue weighted by Crippen LogP contribution is -2.15. The summed E-state index contributed by atoms with van der Waals surface area (Å²) in [6, 6.07) is 0. The Hall–Kier alpha value is -1.12. The number of esters is 1. The van der Waals surface area contributed by atoms with E-state index < -0.39 is 0 Å². The van der Waals surface area contributed by atoms with Gasteiger partial charge in [-0.05, 0) is 26.3 Å². The number of rotatable bonds is 5. The Labute approximate surface area is 78.8 Å². The molecule has 0 radical (unpaired) electrons. The van der Waals surface area contributed by atoms with E-state index in [1.54, 1.807) is 13.0 Å². The zero-order valence-corrected chi connectivity index (χ0v) is 8.37. The van der Waals surface area contributed by atoms with Crippen LogP contribution in [0, 0.1) is 5.92 Å². The van der Waals surface area contributed by atoms with E-state index >= 15 is 0 Å². The van der Waals surface area contributed by atoms with Crippen LogP contribution < -0.4 is 0 Å². The quantitative estimate of drug-likeness (QED) is 0.482. The van der Waals surface area contributed by atoms with Gasteiger partial charge in [0.25, 0.3) is 0 Å². The van der Waals surface area contributed by atoms with Crippen molar-refractivity contribution in [3.8, 4) is 0 Å². The molecular formula is C10H16O3. The lowest BCUT2D eigenvalue weighted by Gasteiger charge is -2.07. The largest absolute Gasteiger partial charge is 0.466 e. The van der Waals surface area contributed by atoms with Gasteiger partial charge < -0.3 is 4.74 Å². The number of ether oxygens (including phenoxy) is 1. The normalized spacial score (nSPS) is 12.8. The van der Waals surface area contributed by atoms with Crippen LogP contribution in [0.5, 0.6) is 0 Å². The van der Waals surface area contributed by atoms with Crippen LogP contribution in [0.15, 0.2) is 12.2 Å². The van der Waals surface area contributed by atoms with E-state index in [0.29, 0.717) is 13.0 Å². The second kappa shape index (κ2) is 6.40. The van der Waals surface area contributed by atoms with Crippen LogP contribution in [0.25, 0.3) is 0 Å². The molecule has 3 heteroatoms. The molecule has 1 atom stereocenters. The minimum absolute atomic E-state index is 0.0530. The molecule has 0 aromatic rings. The predicted octanol–water partition coefficient (Wildman–Crippen LogP) is 1.72. The SMILES string of the molecule is CCOC(=O)C(C=CC(C)=O)CC. The van der Waals surface area contributed by atoms with Crippen LogP contribution in [0.1, 0.15) is 27.2 Å². The topological polar surface area (TPSA) is 43.4 Å². The number of carbonyl (C=O) groups is 2. The lowest BCUT2D eigenvalue weighted by molar-refractivity contribution is -0.146. The van der Waals surface area contributed by atoms with Crippen molar-refractivity contribution in [2.45, 2.75) is 27.2 Å². The number of allylic oxidation sites excluding steroid dienone is 1. The molecule has 0 aliphatic heterocycles. The summed E-state index contributed by atoms with van der Waals surface area (Å²) >= 11 is 0. The van der Waals surface area contributed by atoms with Gasteiger partial charge in [0.1, 0.15) is 0 Å². The van der Waals surface area contributed by atoms with E-state index in [1.165, 1.54) is 13.0 Å². The Morgan fingerprint density at radius 2 is 2.00 bits per heavy atom. The molecule has 0 spiro atoms. The fourth-order valence-electron chi connectivity index (χ4n) is 0.882. The highest BCUT2D eigenvalue weighted by atomic mass is 16.5. The van der Waals surface area contributed by atoms with Gasteiger partial charge in [0.2, 0.25) is 0 Å². The summed E-state index contributed by atoms with van der Waals surface area (Å²) < 4.78 is 4.83. The van der Waals surface area contributed by atoms with Gasteiger partial charge in [0.15, 0.2) is 5.78 Å². The van der Waals surface area contributed by atoms with Crippen molar-refractivity contribution in [3.63, 3.8) is 0 Å². The fraction of sp³-hybridized carbons (Fsp3) is 0.600. The van der Waals surface area contributed by atoms with E-state index in [9.17, 15) is 9.59 Å². The van der Waals surface area contributed by atoms with Crippen LogP contribution in [-0.2, 0) is 14.3 Å². The Balaban J connectivity index is 4.17. The Morgan fingerprint density at radius 1 is 1.38 bits per heavy atom. The second-order valence-electron chi connectivity index (χ2n) is 2.74. The lowest BCUT2D eigenvalue weighted by atomic mass is 10.1. The van der Waals surface area contributed by atoms with Crippen LogP contribution in [0.4, 0.5) is 0 Å². The summed E-state index contributed by atoms with van der Waals surface area (Å²) in [7, 11) is 0. The van der Waals surface area contributed by atoms with Gasteiger partial charge in [-0.25, -0.2) is 0 Å². The van der Waals surface area contributed by atoms with Crippen molar-refractivity contribution in [1.82, 2.24) is 0 Å². The Kier molecular flexibility index (Phi) is 5.85. The van der Waals surface area contributed by atoms with Crippen molar-refractivity contribution in [2.24, 2.45) is 5.92 Å². The maximum Gasteiger partial charge on any atom is 0.312 e. The molecule has 3 nitrogen and oxygen atoms in total. The summed E-state index contributed by atoms with van der Waals surface area (Å²) in [5.41, 5.74) is 0. The molecular weight excluding hydrogens is 168 g/mol. The van der Waals surface area contributed by atoms with Gasteiger partial charge in [-0.15, -0.1) is 0 Å². The molecule has 0 saturated heterocycles. The van der Waals surface area contributed by atoms with Crippen molar-refractivity contribution in [2.75, 3.05) is 6.61 Å². The summed E-state index contributed by atoms with van der Waals surface area (Å²) in [6.45, 7) is 5.48. The molecule has 74 valence electrons. The summed E-state index contributed by atoms with van der Waals surface area (Å²) in [5.74, 6) is -0.603. The average molecular weight is 184 g/mol. The monoisotopic (exact) mass is 184 g/mol. The van der Waals surface area contributed by atoms with Crippen molar-refractivity contribution < 1.29 is 14.3 Å². The average Bonchev–Trinajstić information content (AvgIpc) is 2.05. The zero-order chi connectivity index (χ0) is 10.3. The molecule has 0 amide bonds. The summed E-state index contributed by atoms with van der Waals surface area (Å²) in [6.07, 6.45) is 3.66. The third-order valence-electron chi connectivity index (χ3n) is 1.59. The number of ketones is 1.